The molecule has 2 aromatic rings. The van der Waals surface area contributed by atoms with Gasteiger partial charge in [-0.05, 0) is 48.6 Å². The number of guanidine groups is 1. The van der Waals surface area contributed by atoms with Crippen molar-refractivity contribution in [3.63, 3.8) is 0 Å². The maximum absolute atomic E-state index is 4.42. The van der Waals surface area contributed by atoms with E-state index < -0.39 is 0 Å². The summed E-state index contributed by atoms with van der Waals surface area (Å²) >= 11 is 0. The zero-order chi connectivity index (χ0) is 19.1. The van der Waals surface area contributed by atoms with E-state index in [4.69, 9.17) is 0 Å². The molecule has 0 amide bonds. The molecule has 0 spiro atoms. The van der Waals surface area contributed by atoms with Crippen molar-refractivity contribution in [3.05, 3.63) is 54.1 Å². The standard InChI is InChI=1S/C22H33N5/c1-17(2)20-7-9-21(10-8-20)26-22(23-3)25-14-18-5-4-6-19(13-18)15-27-12-11-24-16-27/h4-6,11-13,16-17,20-21H,7-10,14-15H2,1-3H3,(H2,23,25,26). The number of nitrogens with one attached hydrogen (secondary N) is 2. The summed E-state index contributed by atoms with van der Waals surface area (Å²) in [7, 11) is 1.85. The predicted octanol–water partition coefficient (Wildman–Crippen LogP) is 3.81. The van der Waals surface area contributed by atoms with Gasteiger partial charge in [0.25, 0.3) is 0 Å². The van der Waals surface area contributed by atoms with Gasteiger partial charge in [0.2, 0.25) is 0 Å². The summed E-state index contributed by atoms with van der Waals surface area (Å²) in [6.07, 6.45) is 10.8. The number of nitrogens with zero attached hydrogens (tertiary/aromatic N) is 3. The Morgan fingerprint density at radius 3 is 2.67 bits per heavy atom. The number of rotatable bonds is 6. The molecule has 1 aromatic carbocycles. The largest absolute Gasteiger partial charge is 0.354 e. The van der Waals surface area contributed by atoms with E-state index in [0.29, 0.717) is 6.04 Å². The highest BCUT2D eigenvalue weighted by Gasteiger charge is 2.23. The summed E-state index contributed by atoms with van der Waals surface area (Å²) in [5, 5.41) is 7.09. The van der Waals surface area contributed by atoms with E-state index in [1.807, 2.05) is 25.8 Å². The predicted molar refractivity (Wildman–Crippen MR) is 112 cm³/mol. The van der Waals surface area contributed by atoms with Crippen LogP contribution in [0.15, 0.2) is 48.0 Å². The smallest absolute Gasteiger partial charge is 0.191 e. The van der Waals surface area contributed by atoms with Crippen molar-refractivity contribution in [1.29, 1.82) is 0 Å². The summed E-state index contributed by atoms with van der Waals surface area (Å²) in [6.45, 7) is 6.32. The van der Waals surface area contributed by atoms with Crippen LogP contribution in [0.1, 0.15) is 50.7 Å². The van der Waals surface area contributed by atoms with Crippen LogP contribution in [0, 0.1) is 11.8 Å². The Labute approximate surface area is 163 Å². The molecule has 2 N–H and O–H groups in total. The highest BCUT2D eigenvalue weighted by Crippen LogP contribution is 2.29. The number of hydrogen-bond donors (Lipinski definition) is 2. The molecule has 5 nitrogen and oxygen atoms in total. The fourth-order valence-electron chi connectivity index (χ4n) is 3.93. The van der Waals surface area contributed by atoms with Gasteiger partial charge in [0.05, 0.1) is 6.33 Å². The Morgan fingerprint density at radius 1 is 1.22 bits per heavy atom. The van der Waals surface area contributed by atoms with E-state index in [9.17, 15) is 0 Å². The molecule has 5 heteroatoms. The zero-order valence-corrected chi connectivity index (χ0v) is 16.9. The molecule has 27 heavy (non-hydrogen) atoms. The molecule has 3 rings (SSSR count). The first-order valence-electron chi connectivity index (χ1n) is 10.1. The molecule has 0 unspecified atom stereocenters. The van der Waals surface area contributed by atoms with Crippen LogP contribution in [-0.4, -0.2) is 28.6 Å². The van der Waals surface area contributed by atoms with Crippen LogP contribution in [0.5, 0.6) is 0 Å². The topological polar surface area (TPSA) is 54.2 Å². The Balaban J connectivity index is 1.48. The van der Waals surface area contributed by atoms with E-state index in [1.165, 1.54) is 36.8 Å². The molecule has 0 radical (unpaired) electrons. The number of aliphatic imine (C=N–C) groups is 1. The monoisotopic (exact) mass is 367 g/mol. The lowest BCUT2D eigenvalue weighted by Crippen LogP contribution is -2.44. The van der Waals surface area contributed by atoms with Crippen LogP contribution in [0.25, 0.3) is 0 Å². The van der Waals surface area contributed by atoms with E-state index in [0.717, 1.165) is 30.9 Å². The minimum atomic E-state index is 0.541. The maximum atomic E-state index is 4.42. The van der Waals surface area contributed by atoms with Crippen LogP contribution in [0.2, 0.25) is 0 Å². The first kappa shape index (κ1) is 19.5. The quantitative estimate of drug-likeness (QED) is 0.603. The highest BCUT2D eigenvalue weighted by atomic mass is 15.2. The summed E-state index contributed by atoms with van der Waals surface area (Å²) in [6, 6.07) is 9.22. The van der Waals surface area contributed by atoms with Crippen LogP contribution >= 0.6 is 0 Å². The molecule has 1 aliphatic rings. The Morgan fingerprint density at radius 2 is 2.00 bits per heavy atom. The molecule has 0 atom stereocenters. The molecule has 1 heterocycles. The lowest BCUT2D eigenvalue weighted by Gasteiger charge is -2.32. The van der Waals surface area contributed by atoms with Gasteiger partial charge in [0.15, 0.2) is 5.96 Å². The third-order valence-electron chi connectivity index (χ3n) is 5.65. The molecule has 0 aliphatic heterocycles. The average Bonchev–Trinajstić information content (AvgIpc) is 3.19. The maximum Gasteiger partial charge on any atom is 0.191 e. The Kier molecular flexibility index (Phi) is 6.91. The van der Waals surface area contributed by atoms with Gasteiger partial charge in [-0.15, -0.1) is 0 Å². The number of hydrogen-bond acceptors (Lipinski definition) is 2. The minimum absolute atomic E-state index is 0.541. The normalized spacial score (nSPS) is 20.7. The average molecular weight is 368 g/mol. The fourth-order valence-corrected chi connectivity index (χ4v) is 3.93. The summed E-state index contributed by atoms with van der Waals surface area (Å²) in [4.78, 5) is 8.52. The third-order valence-corrected chi connectivity index (χ3v) is 5.65. The van der Waals surface area contributed by atoms with Gasteiger partial charge < -0.3 is 15.2 Å². The van der Waals surface area contributed by atoms with Gasteiger partial charge in [-0.3, -0.25) is 4.99 Å². The molecular formula is C22H33N5. The number of imidazole rings is 1. The Bertz CT molecular complexity index is 712. The second kappa shape index (κ2) is 9.58. The van der Waals surface area contributed by atoms with Crippen molar-refractivity contribution in [2.75, 3.05) is 7.05 Å². The van der Waals surface area contributed by atoms with E-state index in [2.05, 4.69) is 63.3 Å². The number of aromatic nitrogens is 2. The first-order chi connectivity index (χ1) is 13.1. The van der Waals surface area contributed by atoms with Gasteiger partial charge in [0, 0.05) is 38.6 Å². The minimum Gasteiger partial charge on any atom is -0.354 e. The molecule has 1 fully saturated rings. The van der Waals surface area contributed by atoms with Crippen molar-refractivity contribution >= 4 is 5.96 Å². The van der Waals surface area contributed by atoms with Crippen molar-refractivity contribution in [2.24, 2.45) is 16.8 Å². The van der Waals surface area contributed by atoms with Gasteiger partial charge in [-0.2, -0.15) is 0 Å². The third kappa shape index (κ3) is 5.84. The molecule has 1 aliphatic carbocycles. The van der Waals surface area contributed by atoms with E-state index >= 15 is 0 Å². The number of benzene rings is 1. The van der Waals surface area contributed by atoms with E-state index in [-0.39, 0.29) is 0 Å². The fraction of sp³-hybridized carbons (Fsp3) is 0.545. The van der Waals surface area contributed by atoms with Crippen molar-refractivity contribution < 1.29 is 0 Å². The van der Waals surface area contributed by atoms with Crippen LogP contribution in [0.4, 0.5) is 0 Å². The second-order valence-electron chi connectivity index (χ2n) is 7.98. The van der Waals surface area contributed by atoms with Crippen LogP contribution in [-0.2, 0) is 13.1 Å². The first-order valence-corrected chi connectivity index (χ1v) is 10.1. The molecule has 1 aromatic heterocycles. The molecular weight excluding hydrogens is 334 g/mol. The molecule has 0 bridgehead atoms. The zero-order valence-electron chi connectivity index (χ0n) is 16.9. The van der Waals surface area contributed by atoms with Crippen molar-refractivity contribution in [1.82, 2.24) is 20.2 Å². The lowest BCUT2D eigenvalue weighted by molar-refractivity contribution is 0.250. The van der Waals surface area contributed by atoms with Crippen LogP contribution in [0.3, 0.4) is 0 Å². The van der Waals surface area contributed by atoms with Gasteiger partial charge in [0.1, 0.15) is 0 Å². The molecule has 0 saturated heterocycles. The van der Waals surface area contributed by atoms with Gasteiger partial charge >= 0.3 is 0 Å². The lowest BCUT2D eigenvalue weighted by atomic mass is 9.80. The Hall–Kier alpha value is -2.30. The molecule has 1 saturated carbocycles. The summed E-state index contributed by atoms with van der Waals surface area (Å²) < 4.78 is 2.08. The van der Waals surface area contributed by atoms with Crippen molar-refractivity contribution in [2.45, 2.75) is 58.7 Å². The van der Waals surface area contributed by atoms with Gasteiger partial charge in [-0.1, -0.05) is 38.1 Å². The van der Waals surface area contributed by atoms with E-state index in [1.54, 1.807) is 0 Å². The summed E-state index contributed by atoms with van der Waals surface area (Å²) in [5.41, 5.74) is 2.54. The SMILES string of the molecule is CN=C(NCc1cccc(Cn2ccnc2)c1)NC1CCC(C(C)C)CC1. The summed E-state index contributed by atoms with van der Waals surface area (Å²) in [5.74, 6) is 2.59. The van der Waals surface area contributed by atoms with Gasteiger partial charge in [-0.25, -0.2) is 4.98 Å². The van der Waals surface area contributed by atoms with Crippen molar-refractivity contribution in [3.8, 4) is 0 Å². The van der Waals surface area contributed by atoms with Crippen LogP contribution < -0.4 is 10.6 Å². The second-order valence-corrected chi connectivity index (χ2v) is 7.98. The highest BCUT2D eigenvalue weighted by molar-refractivity contribution is 5.79. The molecule has 146 valence electrons.